The van der Waals surface area contributed by atoms with Gasteiger partial charge in [0.1, 0.15) is 0 Å². The van der Waals surface area contributed by atoms with E-state index in [-0.39, 0.29) is 0 Å². The lowest BCUT2D eigenvalue weighted by Crippen LogP contribution is -2.33. The van der Waals surface area contributed by atoms with Crippen molar-refractivity contribution >= 4 is 28.2 Å². The summed E-state index contributed by atoms with van der Waals surface area (Å²) in [7, 11) is 2.20. The van der Waals surface area contributed by atoms with E-state index < -0.39 is 0 Å². The van der Waals surface area contributed by atoms with Crippen molar-refractivity contribution in [1.82, 2.24) is 0 Å². The number of nitrogens with zero attached hydrogens (tertiary/aromatic N) is 1. The summed E-state index contributed by atoms with van der Waals surface area (Å²) in [6.07, 6.45) is 3.33. The number of hydrogen-bond acceptors (Lipinski definition) is 3. The van der Waals surface area contributed by atoms with Crippen LogP contribution in [0.4, 0.5) is 5.69 Å². The highest BCUT2D eigenvalue weighted by Gasteiger charge is 2.15. The molecular weight excluding hydrogens is 264 g/mol. The molecule has 0 aliphatic rings. The molecule has 108 valence electrons. The molecule has 2 aromatic carbocycles. The molecule has 0 aromatic heterocycles. The van der Waals surface area contributed by atoms with Crippen LogP contribution in [0.3, 0.4) is 0 Å². The van der Waals surface area contributed by atoms with E-state index in [1.807, 2.05) is 11.8 Å². The zero-order valence-electron chi connectivity index (χ0n) is 12.6. The molecule has 1 atom stereocenters. The summed E-state index contributed by atoms with van der Waals surface area (Å²) in [6.45, 7) is 2.85. The molecule has 0 radical (unpaired) electrons. The Balaban J connectivity index is 2.49. The minimum absolute atomic E-state index is 0.567. The lowest BCUT2D eigenvalue weighted by atomic mass is 10.0. The van der Waals surface area contributed by atoms with Crippen molar-refractivity contribution in [1.29, 1.82) is 0 Å². The van der Waals surface area contributed by atoms with Crippen molar-refractivity contribution in [3.63, 3.8) is 0 Å². The van der Waals surface area contributed by atoms with Crippen molar-refractivity contribution in [2.45, 2.75) is 25.9 Å². The molecule has 2 rings (SSSR count). The molecule has 2 nitrogen and oxygen atoms in total. The van der Waals surface area contributed by atoms with Gasteiger partial charge < -0.3 is 10.6 Å². The molecule has 0 spiro atoms. The van der Waals surface area contributed by atoms with Gasteiger partial charge in [-0.3, -0.25) is 0 Å². The Morgan fingerprint density at radius 1 is 1.15 bits per heavy atom. The van der Waals surface area contributed by atoms with Crippen molar-refractivity contribution < 1.29 is 0 Å². The van der Waals surface area contributed by atoms with Gasteiger partial charge in [0, 0.05) is 36.5 Å². The van der Waals surface area contributed by atoms with Crippen LogP contribution in [0.1, 0.15) is 18.9 Å². The largest absolute Gasteiger partial charge is 0.370 e. The van der Waals surface area contributed by atoms with Gasteiger partial charge in [-0.15, -0.1) is 0 Å². The number of benzene rings is 2. The fourth-order valence-electron chi connectivity index (χ4n) is 2.72. The van der Waals surface area contributed by atoms with Crippen LogP contribution in [0.15, 0.2) is 36.4 Å². The first kappa shape index (κ1) is 15.2. The highest BCUT2D eigenvalue weighted by Crippen LogP contribution is 2.30. The Labute approximate surface area is 126 Å². The maximum atomic E-state index is 5.86. The van der Waals surface area contributed by atoms with Gasteiger partial charge >= 0.3 is 0 Å². The Hall–Kier alpha value is -1.19. The van der Waals surface area contributed by atoms with E-state index in [4.69, 9.17) is 5.73 Å². The number of hydrogen-bond donors (Lipinski definition) is 1. The van der Waals surface area contributed by atoms with Gasteiger partial charge in [0.2, 0.25) is 0 Å². The van der Waals surface area contributed by atoms with Crippen LogP contribution < -0.4 is 10.6 Å². The van der Waals surface area contributed by atoms with Gasteiger partial charge in [-0.25, -0.2) is 0 Å². The summed E-state index contributed by atoms with van der Waals surface area (Å²) in [4.78, 5) is 2.42. The predicted molar refractivity (Wildman–Crippen MR) is 92.7 cm³/mol. The molecule has 0 bridgehead atoms. The molecule has 0 saturated carbocycles. The van der Waals surface area contributed by atoms with E-state index in [9.17, 15) is 0 Å². The summed E-state index contributed by atoms with van der Waals surface area (Å²) >= 11 is 1.91. The quantitative estimate of drug-likeness (QED) is 0.874. The minimum atomic E-state index is 0.567. The normalized spacial score (nSPS) is 12.6. The third kappa shape index (κ3) is 2.94. The Morgan fingerprint density at radius 2 is 1.85 bits per heavy atom. The first-order chi connectivity index (χ1) is 9.72. The predicted octanol–water partition coefficient (Wildman–Crippen LogP) is 3.88. The van der Waals surface area contributed by atoms with E-state index in [0.29, 0.717) is 12.6 Å². The molecule has 2 aromatic rings. The summed E-state index contributed by atoms with van der Waals surface area (Å²) in [5, 5.41) is 2.58. The van der Waals surface area contributed by atoms with Gasteiger partial charge in [0.15, 0.2) is 0 Å². The molecule has 1 unspecified atom stereocenters. The fourth-order valence-corrected chi connectivity index (χ4v) is 3.57. The van der Waals surface area contributed by atoms with Gasteiger partial charge in [-0.1, -0.05) is 37.3 Å². The molecule has 0 amide bonds. The molecule has 2 N–H and O–H groups in total. The van der Waals surface area contributed by atoms with E-state index in [1.54, 1.807) is 0 Å². The monoisotopic (exact) mass is 288 g/mol. The molecule has 3 heteroatoms. The van der Waals surface area contributed by atoms with Crippen LogP contribution in [0.2, 0.25) is 0 Å². The summed E-state index contributed by atoms with van der Waals surface area (Å²) in [5.74, 6) is 1.15. The van der Waals surface area contributed by atoms with Crippen molar-refractivity contribution in [2.75, 3.05) is 24.0 Å². The van der Waals surface area contributed by atoms with Crippen molar-refractivity contribution in [3.8, 4) is 0 Å². The first-order valence-electron chi connectivity index (χ1n) is 7.15. The zero-order valence-corrected chi connectivity index (χ0v) is 13.4. The van der Waals surface area contributed by atoms with E-state index in [1.165, 1.54) is 22.0 Å². The lowest BCUT2D eigenvalue weighted by molar-refractivity contribution is 0.675. The summed E-state index contributed by atoms with van der Waals surface area (Å²) < 4.78 is 0. The maximum absolute atomic E-state index is 5.86. The number of rotatable bonds is 6. The molecule has 0 aliphatic heterocycles. The van der Waals surface area contributed by atoms with E-state index in [0.717, 1.165) is 12.2 Å². The standard InChI is InChI=1S/C17H24N2S/c1-4-14(12-20-3)19(2)17-10-9-13(11-18)15-7-5-6-8-16(15)17/h5-10,14H,4,11-12,18H2,1-3H3. The smallest absolute Gasteiger partial charge is 0.0446 e. The average Bonchev–Trinajstić information content (AvgIpc) is 2.50. The zero-order chi connectivity index (χ0) is 14.5. The number of thioether (sulfide) groups is 1. The second kappa shape index (κ2) is 7.00. The third-order valence-corrected chi connectivity index (χ3v) is 4.69. The van der Waals surface area contributed by atoms with E-state index in [2.05, 4.69) is 61.5 Å². The molecule has 0 fully saturated rings. The second-order valence-electron chi connectivity index (χ2n) is 5.12. The van der Waals surface area contributed by atoms with Crippen LogP contribution in [-0.4, -0.2) is 25.1 Å². The number of fused-ring (bicyclic) bond motifs is 1. The molecule has 0 aliphatic carbocycles. The Morgan fingerprint density at radius 3 is 2.45 bits per heavy atom. The first-order valence-corrected chi connectivity index (χ1v) is 8.54. The SMILES string of the molecule is CCC(CSC)N(C)c1ccc(CN)c2ccccc12. The average molecular weight is 288 g/mol. The van der Waals surface area contributed by atoms with Gasteiger partial charge in [0.25, 0.3) is 0 Å². The number of nitrogens with two attached hydrogens (primary N) is 1. The van der Waals surface area contributed by atoms with Gasteiger partial charge in [-0.2, -0.15) is 11.8 Å². The maximum Gasteiger partial charge on any atom is 0.0446 e. The van der Waals surface area contributed by atoms with Crippen LogP contribution >= 0.6 is 11.8 Å². The highest BCUT2D eigenvalue weighted by molar-refractivity contribution is 7.98. The Bertz CT molecular complexity index is 568. The summed E-state index contributed by atoms with van der Waals surface area (Å²) in [6, 6.07) is 13.5. The number of anilines is 1. The lowest BCUT2D eigenvalue weighted by Gasteiger charge is -2.30. The van der Waals surface area contributed by atoms with E-state index >= 15 is 0 Å². The van der Waals surface area contributed by atoms with Crippen molar-refractivity contribution in [3.05, 3.63) is 42.0 Å². The highest BCUT2D eigenvalue weighted by atomic mass is 32.2. The minimum Gasteiger partial charge on any atom is -0.370 e. The van der Waals surface area contributed by atoms with Gasteiger partial charge in [-0.05, 0) is 29.7 Å². The van der Waals surface area contributed by atoms with Crippen LogP contribution in [0, 0.1) is 0 Å². The third-order valence-electron chi connectivity index (χ3n) is 3.97. The van der Waals surface area contributed by atoms with Crippen LogP contribution in [0.25, 0.3) is 10.8 Å². The fraction of sp³-hybridized carbons (Fsp3) is 0.412. The van der Waals surface area contributed by atoms with Gasteiger partial charge in [0.05, 0.1) is 0 Å². The Kier molecular flexibility index (Phi) is 5.32. The summed E-state index contributed by atoms with van der Waals surface area (Å²) in [5.41, 5.74) is 8.38. The van der Waals surface area contributed by atoms with Crippen LogP contribution in [0.5, 0.6) is 0 Å². The van der Waals surface area contributed by atoms with Crippen LogP contribution in [-0.2, 0) is 6.54 Å². The molecular formula is C17H24N2S. The molecule has 0 heterocycles. The topological polar surface area (TPSA) is 29.3 Å². The molecule has 0 saturated heterocycles. The van der Waals surface area contributed by atoms with Crippen molar-refractivity contribution in [2.24, 2.45) is 5.73 Å². The molecule has 20 heavy (non-hydrogen) atoms. The second-order valence-corrected chi connectivity index (χ2v) is 6.03.